The van der Waals surface area contributed by atoms with Gasteiger partial charge in [-0.1, -0.05) is 17.7 Å². The highest BCUT2D eigenvalue weighted by Crippen LogP contribution is 2.22. The third kappa shape index (κ3) is 6.13. The van der Waals surface area contributed by atoms with E-state index in [2.05, 4.69) is 5.32 Å². The highest BCUT2D eigenvalue weighted by Gasteiger charge is 2.38. The van der Waals surface area contributed by atoms with Crippen molar-refractivity contribution in [2.75, 3.05) is 11.9 Å². The molecule has 0 bridgehead atoms. The topological polar surface area (TPSA) is 84.9 Å². The van der Waals surface area contributed by atoms with E-state index in [1.165, 1.54) is 11.8 Å². The van der Waals surface area contributed by atoms with Crippen LogP contribution in [-0.4, -0.2) is 47.2 Å². The summed E-state index contributed by atoms with van der Waals surface area (Å²) in [6.45, 7) is 7.17. The number of nitrogens with one attached hydrogen (secondary N) is 1. The summed E-state index contributed by atoms with van der Waals surface area (Å²) in [6.07, 6.45) is -0.432. The molecule has 0 aromatic heterocycles. The van der Waals surface area contributed by atoms with Crippen molar-refractivity contribution in [3.63, 3.8) is 0 Å². The van der Waals surface area contributed by atoms with E-state index in [1.54, 1.807) is 45.0 Å². The average Bonchev–Trinajstić information content (AvgIpc) is 3.03. The first-order chi connectivity index (χ1) is 12.6. The first kappa shape index (κ1) is 21.0. The van der Waals surface area contributed by atoms with Gasteiger partial charge in [0.15, 0.2) is 6.10 Å². The molecule has 148 valence electrons. The van der Waals surface area contributed by atoms with E-state index >= 15 is 0 Å². The van der Waals surface area contributed by atoms with E-state index in [4.69, 9.17) is 21.1 Å². The fourth-order valence-electron chi connectivity index (χ4n) is 2.67. The molecule has 1 aromatic carbocycles. The van der Waals surface area contributed by atoms with Crippen LogP contribution in [0.1, 0.15) is 40.5 Å². The van der Waals surface area contributed by atoms with E-state index < -0.39 is 35.7 Å². The Morgan fingerprint density at radius 2 is 2.00 bits per heavy atom. The van der Waals surface area contributed by atoms with Gasteiger partial charge >= 0.3 is 12.1 Å². The zero-order chi connectivity index (χ0) is 20.2. The Kier molecular flexibility index (Phi) is 6.70. The van der Waals surface area contributed by atoms with Gasteiger partial charge in [0, 0.05) is 17.3 Å². The molecule has 1 N–H and O–H groups in total. The van der Waals surface area contributed by atoms with Crippen molar-refractivity contribution in [2.45, 2.75) is 58.3 Å². The van der Waals surface area contributed by atoms with Gasteiger partial charge in [-0.25, -0.2) is 9.59 Å². The Morgan fingerprint density at radius 3 is 2.63 bits per heavy atom. The second-order valence-electron chi connectivity index (χ2n) is 7.41. The molecule has 27 heavy (non-hydrogen) atoms. The van der Waals surface area contributed by atoms with Crippen LogP contribution >= 0.6 is 11.6 Å². The first-order valence-corrected chi connectivity index (χ1v) is 9.21. The van der Waals surface area contributed by atoms with Gasteiger partial charge < -0.3 is 14.8 Å². The Morgan fingerprint density at radius 1 is 1.30 bits per heavy atom. The molecule has 0 spiro atoms. The molecule has 1 saturated heterocycles. The van der Waals surface area contributed by atoms with Crippen LogP contribution in [0.5, 0.6) is 0 Å². The van der Waals surface area contributed by atoms with Gasteiger partial charge in [-0.2, -0.15) is 0 Å². The predicted molar refractivity (Wildman–Crippen MR) is 102 cm³/mol. The van der Waals surface area contributed by atoms with Crippen molar-refractivity contribution in [2.24, 2.45) is 0 Å². The molecule has 0 saturated carbocycles. The molecule has 2 amide bonds. The van der Waals surface area contributed by atoms with E-state index in [0.29, 0.717) is 30.1 Å². The molecule has 0 aliphatic carbocycles. The maximum Gasteiger partial charge on any atom is 0.411 e. The standard InChI is InChI=1S/C19H25ClN2O5/c1-12(16(23)21-14-8-5-7-13(20)11-14)26-17(24)15-9-6-10-22(15)18(25)27-19(2,3)4/h5,7-8,11-12,15H,6,9-10H2,1-4H3,(H,21,23)/t12-,15-/m0/s1. The second-order valence-corrected chi connectivity index (χ2v) is 7.85. The summed E-state index contributed by atoms with van der Waals surface area (Å²) in [6, 6.07) is 5.91. The number of likely N-dealkylation sites (tertiary alicyclic amines) is 1. The van der Waals surface area contributed by atoms with Crippen molar-refractivity contribution in [1.82, 2.24) is 4.90 Å². The number of carbonyl (C=O) groups is 3. The second kappa shape index (κ2) is 8.61. The summed E-state index contributed by atoms with van der Waals surface area (Å²) in [7, 11) is 0. The molecule has 2 rings (SSSR count). The van der Waals surface area contributed by atoms with E-state index in [1.807, 2.05) is 0 Å². The number of esters is 1. The van der Waals surface area contributed by atoms with Crippen LogP contribution in [-0.2, 0) is 19.1 Å². The van der Waals surface area contributed by atoms with E-state index in [-0.39, 0.29) is 0 Å². The number of hydrogen-bond acceptors (Lipinski definition) is 5. The lowest BCUT2D eigenvalue weighted by molar-refractivity contribution is -0.157. The van der Waals surface area contributed by atoms with Gasteiger partial charge in [0.05, 0.1) is 0 Å². The highest BCUT2D eigenvalue weighted by molar-refractivity contribution is 6.30. The van der Waals surface area contributed by atoms with Crippen molar-refractivity contribution in [1.29, 1.82) is 0 Å². The van der Waals surface area contributed by atoms with E-state index in [0.717, 1.165) is 0 Å². The van der Waals surface area contributed by atoms with Gasteiger partial charge in [0.1, 0.15) is 11.6 Å². The summed E-state index contributed by atoms with van der Waals surface area (Å²) < 4.78 is 10.6. The van der Waals surface area contributed by atoms with Crippen LogP contribution in [0.4, 0.5) is 10.5 Å². The highest BCUT2D eigenvalue weighted by atomic mass is 35.5. The SMILES string of the molecule is C[C@H](OC(=O)[C@@H]1CCCN1C(=O)OC(C)(C)C)C(=O)Nc1cccc(Cl)c1. The molecule has 1 fully saturated rings. The van der Waals surface area contributed by atoms with Crippen LogP contribution < -0.4 is 5.32 Å². The maximum absolute atomic E-state index is 12.5. The summed E-state index contributed by atoms with van der Waals surface area (Å²) in [5, 5.41) is 3.12. The minimum absolute atomic E-state index is 0.414. The third-order valence-corrected chi connectivity index (χ3v) is 4.14. The Labute approximate surface area is 163 Å². The Balaban J connectivity index is 1.94. The number of amides is 2. The molecule has 2 atom stereocenters. The van der Waals surface area contributed by atoms with Crippen molar-refractivity contribution in [3.05, 3.63) is 29.3 Å². The molecule has 8 heteroatoms. The minimum atomic E-state index is -1.02. The molecule has 7 nitrogen and oxygen atoms in total. The number of nitrogens with zero attached hydrogens (tertiary/aromatic N) is 1. The molecule has 0 radical (unpaired) electrons. The van der Waals surface area contributed by atoms with Gasteiger partial charge in [0.2, 0.25) is 0 Å². The molecule has 1 aliphatic rings. The summed E-state index contributed by atoms with van der Waals surface area (Å²) in [4.78, 5) is 38.3. The normalized spacial score (nSPS) is 18.0. The number of halogens is 1. The van der Waals surface area contributed by atoms with Crippen LogP contribution in [0, 0.1) is 0 Å². The van der Waals surface area contributed by atoms with Crippen molar-refractivity contribution >= 4 is 35.3 Å². The summed E-state index contributed by atoms with van der Waals surface area (Å²) in [5.74, 6) is -1.10. The molecule has 0 unspecified atom stereocenters. The summed E-state index contributed by atoms with van der Waals surface area (Å²) in [5.41, 5.74) is -0.148. The molecule has 1 aliphatic heterocycles. The number of hydrogen-bond donors (Lipinski definition) is 1. The Hall–Kier alpha value is -2.28. The van der Waals surface area contributed by atoms with Crippen molar-refractivity contribution < 1.29 is 23.9 Å². The maximum atomic E-state index is 12.5. The van der Waals surface area contributed by atoms with Crippen LogP contribution in [0.25, 0.3) is 0 Å². The lowest BCUT2D eigenvalue weighted by Crippen LogP contribution is -2.45. The lowest BCUT2D eigenvalue weighted by atomic mass is 10.2. The first-order valence-electron chi connectivity index (χ1n) is 8.83. The number of anilines is 1. The quantitative estimate of drug-likeness (QED) is 0.786. The third-order valence-electron chi connectivity index (χ3n) is 3.91. The van der Waals surface area contributed by atoms with E-state index in [9.17, 15) is 14.4 Å². The van der Waals surface area contributed by atoms with Crippen LogP contribution in [0.15, 0.2) is 24.3 Å². The lowest BCUT2D eigenvalue weighted by Gasteiger charge is -2.28. The Bertz CT molecular complexity index is 716. The molecule has 1 heterocycles. The average molecular weight is 397 g/mol. The number of ether oxygens (including phenoxy) is 2. The summed E-state index contributed by atoms with van der Waals surface area (Å²) >= 11 is 5.88. The predicted octanol–water partition coefficient (Wildman–Crippen LogP) is 3.61. The molecular weight excluding hydrogens is 372 g/mol. The zero-order valence-electron chi connectivity index (χ0n) is 16.0. The molecule has 1 aromatic rings. The monoisotopic (exact) mass is 396 g/mol. The van der Waals surface area contributed by atoms with Crippen molar-refractivity contribution in [3.8, 4) is 0 Å². The van der Waals surface area contributed by atoms with Crippen LogP contribution in [0.2, 0.25) is 5.02 Å². The fraction of sp³-hybridized carbons (Fsp3) is 0.526. The van der Waals surface area contributed by atoms with Crippen LogP contribution in [0.3, 0.4) is 0 Å². The number of benzene rings is 1. The van der Waals surface area contributed by atoms with Gasteiger partial charge in [0.25, 0.3) is 5.91 Å². The van der Waals surface area contributed by atoms with Gasteiger partial charge in [-0.15, -0.1) is 0 Å². The minimum Gasteiger partial charge on any atom is -0.451 e. The number of carbonyl (C=O) groups excluding carboxylic acids is 3. The number of rotatable bonds is 4. The zero-order valence-corrected chi connectivity index (χ0v) is 16.7. The molecular formula is C19H25ClN2O5. The fourth-order valence-corrected chi connectivity index (χ4v) is 2.86. The van der Waals surface area contributed by atoms with Gasteiger partial charge in [-0.3, -0.25) is 9.69 Å². The largest absolute Gasteiger partial charge is 0.451 e. The van der Waals surface area contributed by atoms with Gasteiger partial charge in [-0.05, 0) is 58.7 Å². The smallest absolute Gasteiger partial charge is 0.411 e.